The summed E-state index contributed by atoms with van der Waals surface area (Å²) < 4.78 is 2.28. The molecule has 0 saturated carbocycles. The van der Waals surface area contributed by atoms with Gasteiger partial charge in [-0.3, -0.25) is 0 Å². The van der Waals surface area contributed by atoms with Crippen molar-refractivity contribution in [1.29, 1.82) is 0 Å². The number of nitrogens with zero attached hydrogens (tertiary/aromatic N) is 6. The highest BCUT2D eigenvalue weighted by molar-refractivity contribution is 5.85. The summed E-state index contributed by atoms with van der Waals surface area (Å²) in [5.74, 6) is 0. The van der Waals surface area contributed by atoms with Crippen LogP contribution in [0.1, 0.15) is 20.8 Å². The first kappa shape index (κ1) is 24.4. The highest BCUT2D eigenvalue weighted by Gasteiger charge is 2.21. The van der Waals surface area contributed by atoms with Crippen LogP contribution >= 0.6 is 0 Å². The van der Waals surface area contributed by atoms with Crippen LogP contribution in [-0.2, 0) is 0 Å². The average molecular weight is 490 g/mol. The Morgan fingerprint density at radius 1 is 0.649 bits per heavy atom. The van der Waals surface area contributed by atoms with Crippen molar-refractivity contribution in [3.05, 3.63) is 91.0 Å². The molecule has 6 nitrogen and oxygen atoms in total. The van der Waals surface area contributed by atoms with Gasteiger partial charge in [0.2, 0.25) is 16.7 Å². The third-order valence-electron chi connectivity index (χ3n) is 6.83. The van der Waals surface area contributed by atoms with Crippen molar-refractivity contribution in [2.75, 3.05) is 36.5 Å². The van der Waals surface area contributed by atoms with Gasteiger partial charge in [0.15, 0.2) is 0 Å². The predicted octanol–water partition coefficient (Wildman–Crippen LogP) is 7.38. The Balaban J connectivity index is 1.63. The minimum Gasteiger partial charge on any atom is -0.375 e. The summed E-state index contributed by atoms with van der Waals surface area (Å²) in [6, 6.07) is 31.2. The Hall–Kier alpha value is -4.32. The zero-order valence-electron chi connectivity index (χ0n) is 22.0. The van der Waals surface area contributed by atoms with Crippen molar-refractivity contribution in [1.82, 2.24) is 4.98 Å². The molecule has 1 heterocycles. The van der Waals surface area contributed by atoms with Crippen molar-refractivity contribution in [2.45, 2.75) is 20.8 Å². The zero-order chi connectivity index (χ0) is 25.8. The molecule has 0 radical (unpaired) electrons. The number of para-hydroxylation sites is 1. The lowest BCUT2D eigenvalue weighted by atomic mass is 10.1. The summed E-state index contributed by atoms with van der Waals surface area (Å²) in [7, 11) is 2.08. The number of anilines is 2. The maximum absolute atomic E-state index is 4.99. The molecule has 0 atom stereocenters. The first-order valence-electron chi connectivity index (χ1n) is 12.9. The average Bonchev–Trinajstić information content (AvgIpc) is 2.95. The van der Waals surface area contributed by atoms with E-state index in [2.05, 4.69) is 113 Å². The Labute approximate surface area is 218 Å². The lowest BCUT2D eigenvalue weighted by molar-refractivity contribution is -0.538. The third kappa shape index (κ3) is 5.00. The van der Waals surface area contributed by atoms with Gasteiger partial charge in [0.05, 0.1) is 11.4 Å². The van der Waals surface area contributed by atoms with Gasteiger partial charge in [-0.1, -0.05) is 18.2 Å². The van der Waals surface area contributed by atoms with Gasteiger partial charge in [0.1, 0.15) is 11.0 Å². The topological polar surface area (TPSA) is 48.0 Å². The van der Waals surface area contributed by atoms with Gasteiger partial charge in [-0.25, -0.2) is 4.98 Å². The molecule has 0 unspecified atom stereocenters. The van der Waals surface area contributed by atoms with Crippen LogP contribution in [0.25, 0.3) is 27.8 Å². The van der Waals surface area contributed by atoms with Crippen LogP contribution in [0.3, 0.4) is 0 Å². The second-order valence-corrected chi connectivity index (χ2v) is 9.03. The summed E-state index contributed by atoms with van der Waals surface area (Å²) >= 11 is 0. The molecule has 1 aromatic heterocycles. The number of rotatable bonds is 8. The van der Waals surface area contributed by atoms with Crippen LogP contribution in [-0.4, -0.2) is 31.7 Å². The van der Waals surface area contributed by atoms with Crippen molar-refractivity contribution in [2.24, 2.45) is 10.2 Å². The molecule has 6 heteroatoms. The molecule has 0 fully saturated rings. The van der Waals surface area contributed by atoms with E-state index in [1.165, 1.54) is 5.69 Å². The van der Waals surface area contributed by atoms with Gasteiger partial charge in [0.25, 0.3) is 0 Å². The number of fused-ring (bicyclic) bond motifs is 2. The molecule has 0 saturated heterocycles. The van der Waals surface area contributed by atoms with E-state index in [4.69, 9.17) is 4.98 Å². The Morgan fingerprint density at radius 3 is 1.92 bits per heavy atom. The van der Waals surface area contributed by atoms with Gasteiger partial charge in [-0.15, -0.1) is 4.57 Å². The van der Waals surface area contributed by atoms with Gasteiger partial charge in [0, 0.05) is 62.3 Å². The minimum atomic E-state index is 0.785. The second-order valence-electron chi connectivity index (χ2n) is 9.03. The lowest BCUT2D eigenvalue weighted by Crippen LogP contribution is -2.33. The summed E-state index contributed by atoms with van der Waals surface area (Å²) in [6.07, 6.45) is 0. The van der Waals surface area contributed by atoms with Crippen LogP contribution in [0.5, 0.6) is 0 Å². The molecule has 4 aromatic carbocycles. The number of azo groups is 1. The van der Waals surface area contributed by atoms with E-state index in [9.17, 15) is 0 Å². The van der Waals surface area contributed by atoms with Crippen LogP contribution in [0, 0.1) is 0 Å². The van der Waals surface area contributed by atoms with E-state index in [1.54, 1.807) is 0 Å². The van der Waals surface area contributed by atoms with Crippen molar-refractivity contribution < 1.29 is 4.57 Å². The normalized spacial score (nSPS) is 11.5. The van der Waals surface area contributed by atoms with Crippen LogP contribution in [0.2, 0.25) is 0 Å². The molecule has 186 valence electrons. The summed E-state index contributed by atoms with van der Waals surface area (Å²) in [5, 5.41) is 9.07. The first-order valence-corrected chi connectivity index (χ1v) is 12.9. The first-order chi connectivity index (χ1) is 18.1. The van der Waals surface area contributed by atoms with E-state index in [-0.39, 0.29) is 0 Å². The SMILES string of the molecule is CCN(C)c1ccc(N=Nc2ccc3nc4ccc(N(CC)CC)cc4[n+](-c4ccccc4)c3c2)cc1. The smallest absolute Gasteiger partial charge is 0.239 e. The van der Waals surface area contributed by atoms with E-state index in [0.29, 0.717) is 0 Å². The second kappa shape index (κ2) is 10.7. The van der Waals surface area contributed by atoms with Gasteiger partial charge < -0.3 is 9.80 Å². The third-order valence-corrected chi connectivity index (χ3v) is 6.83. The molecule has 0 aliphatic heterocycles. The standard InChI is InChI=1S/C31H33N6/c1-5-35(4)25-16-13-23(14-17-25)33-34-24-15-19-28-30(21-24)37(26-11-9-8-10-12-26)31-22-27(36(6-2)7-3)18-20-29(31)32-28/h8-22H,5-7H2,1-4H3/q+1. The lowest BCUT2D eigenvalue weighted by Gasteiger charge is -2.20. The van der Waals surface area contributed by atoms with E-state index in [1.807, 2.05) is 30.3 Å². The largest absolute Gasteiger partial charge is 0.375 e. The highest BCUT2D eigenvalue weighted by atomic mass is 15.1. The van der Waals surface area contributed by atoms with Gasteiger partial charge >= 0.3 is 0 Å². The molecule has 37 heavy (non-hydrogen) atoms. The Kier molecular flexibility index (Phi) is 7.08. The van der Waals surface area contributed by atoms with Gasteiger partial charge in [-0.05, 0) is 69.3 Å². The van der Waals surface area contributed by atoms with Crippen molar-refractivity contribution in [3.63, 3.8) is 0 Å². The quantitative estimate of drug-likeness (QED) is 0.130. The molecule has 5 aromatic rings. The van der Waals surface area contributed by atoms with E-state index in [0.717, 1.165) is 64.5 Å². The molecular weight excluding hydrogens is 456 g/mol. The maximum Gasteiger partial charge on any atom is 0.239 e. The summed E-state index contributed by atoms with van der Waals surface area (Å²) in [5.41, 5.74) is 8.98. The monoisotopic (exact) mass is 489 g/mol. The fraction of sp³-hybridized carbons (Fsp3) is 0.226. The van der Waals surface area contributed by atoms with Crippen LogP contribution in [0.4, 0.5) is 22.7 Å². The Morgan fingerprint density at radius 2 is 1.24 bits per heavy atom. The molecular formula is C31H33N6+. The molecule has 5 rings (SSSR count). The fourth-order valence-corrected chi connectivity index (χ4v) is 4.61. The number of hydrogen-bond acceptors (Lipinski definition) is 5. The number of aromatic nitrogens is 2. The van der Waals surface area contributed by atoms with Gasteiger partial charge in [-0.2, -0.15) is 10.2 Å². The van der Waals surface area contributed by atoms with E-state index >= 15 is 0 Å². The molecule has 0 N–H and O–H groups in total. The van der Waals surface area contributed by atoms with Crippen LogP contribution < -0.4 is 14.4 Å². The summed E-state index contributed by atoms with van der Waals surface area (Å²) in [4.78, 5) is 9.54. The maximum atomic E-state index is 4.99. The number of benzene rings is 4. The van der Waals surface area contributed by atoms with Crippen LogP contribution in [0.15, 0.2) is 101 Å². The predicted molar refractivity (Wildman–Crippen MR) is 154 cm³/mol. The number of hydrogen-bond donors (Lipinski definition) is 0. The molecule has 0 spiro atoms. The fourth-order valence-electron chi connectivity index (χ4n) is 4.61. The molecule has 0 amide bonds. The van der Waals surface area contributed by atoms with E-state index < -0.39 is 0 Å². The minimum absolute atomic E-state index is 0.785. The highest BCUT2D eigenvalue weighted by Crippen LogP contribution is 2.27. The molecule has 0 aliphatic rings. The molecule has 0 aliphatic carbocycles. The van der Waals surface area contributed by atoms with Crippen molar-refractivity contribution >= 4 is 44.8 Å². The molecule has 0 bridgehead atoms. The zero-order valence-corrected chi connectivity index (χ0v) is 22.0. The van der Waals surface area contributed by atoms with Crippen molar-refractivity contribution in [3.8, 4) is 5.69 Å². The Bertz CT molecular complexity index is 1540. The summed E-state index contributed by atoms with van der Waals surface area (Å²) in [6.45, 7) is 9.37.